The molecule has 24 valence electrons. The molecule has 0 aromatic carbocycles. The molecule has 5 heavy (non-hydrogen) atoms. The standard InChI is InChI=1S/3FH.Na.Zn/h3*1H;;/q;;;+1;+2/p-3. The van der Waals surface area contributed by atoms with E-state index in [4.69, 9.17) is 0 Å². The van der Waals surface area contributed by atoms with E-state index < -0.39 is 0 Å². The van der Waals surface area contributed by atoms with Crippen molar-refractivity contribution >= 4 is 0 Å². The maximum atomic E-state index is 0. The maximum Gasteiger partial charge on any atom is 2.00 e. The van der Waals surface area contributed by atoms with Crippen molar-refractivity contribution in [1.82, 2.24) is 0 Å². The van der Waals surface area contributed by atoms with Gasteiger partial charge in [0.15, 0.2) is 0 Å². The molecule has 0 atom stereocenters. The van der Waals surface area contributed by atoms with Crippen molar-refractivity contribution in [3.63, 3.8) is 0 Å². The van der Waals surface area contributed by atoms with Gasteiger partial charge in [-0.15, -0.1) is 0 Å². The second kappa shape index (κ2) is 52.8. The molecule has 0 aromatic rings. The average molecular weight is 145 g/mol. The molecule has 0 aliphatic carbocycles. The van der Waals surface area contributed by atoms with Crippen molar-refractivity contribution in [2.75, 3.05) is 0 Å². The minimum Gasteiger partial charge on any atom is -1.00 e. The monoisotopic (exact) mass is 144 g/mol. The smallest absolute Gasteiger partial charge is 1.00 e. The predicted molar refractivity (Wildman–Crippen MR) is 0 cm³/mol. The minimum absolute atomic E-state index is 0. The van der Waals surface area contributed by atoms with Crippen LogP contribution in [0.4, 0.5) is 0 Å². The van der Waals surface area contributed by atoms with Gasteiger partial charge >= 0.3 is 49.0 Å². The molecule has 0 spiro atoms. The molecule has 0 heterocycles. The Bertz CT molecular complexity index is 6.85. The normalized spacial score (nSPS) is 0. The van der Waals surface area contributed by atoms with Gasteiger partial charge in [-0.1, -0.05) is 0 Å². The van der Waals surface area contributed by atoms with Gasteiger partial charge in [0.1, 0.15) is 0 Å². The third kappa shape index (κ3) is 31.6. The van der Waals surface area contributed by atoms with Crippen LogP contribution in [0.5, 0.6) is 0 Å². The van der Waals surface area contributed by atoms with Crippen LogP contribution in [-0.2, 0) is 19.5 Å². The molecule has 0 aliphatic heterocycles. The number of rotatable bonds is 0. The summed E-state index contributed by atoms with van der Waals surface area (Å²) >= 11 is 0. The van der Waals surface area contributed by atoms with E-state index in [1.165, 1.54) is 0 Å². The number of halogens is 3. The largest absolute Gasteiger partial charge is 2.00 e. The van der Waals surface area contributed by atoms with Gasteiger partial charge in [0.2, 0.25) is 0 Å². The zero-order chi connectivity index (χ0) is 0. The van der Waals surface area contributed by atoms with Crippen LogP contribution in [-0.4, -0.2) is 0 Å². The molecule has 0 rings (SSSR count). The van der Waals surface area contributed by atoms with Gasteiger partial charge < -0.3 is 14.1 Å². The average Bonchev–Trinajstić information content (AvgIpc) is 0. The molecule has 5 heteroatoms. The zero-order valence-corrected chi connectivity index (χ0v) is 7.81. The quantitative estimate of drug-likeness (QED) is 0.297. The topological polar surface area (TPSA) is 0 Å². The van der Waals surface area contributed by atoms with Crippen molar-refractivity contribution in [2.45, 2.75) is 0 Å². The fourth-order valence-corrected chi connectivity index (χ4v) is 0. The van der Waals surface area contributed by atoms with Crippen LogP contribution < -0.4 is 43.7 Å². The van der Waals surface area contributed by atoms with Crippen LogP contribution in [0.1, 0.15) is 0 Å². The van der Waals surface area contributed by atoms with E-state index in [0.717, 1.165) is 0 Å². The fourth-order valence-electron chi connectivity index (χ4n) is 0. The van der Waals surface area contributed by atoms with Gasteiger partial charge in [0.25, 0.3) is 0 Å². The third-order valence-corrected chi connectivity index (χ3v) is 0. The molecule has 0 fully saturated rings. The SMILES string of the molecule is [F-].[F-].[F-].[Na+].[Zn+2]. The fraction of sp³-hybridized carbons (Fsp3) is 0. The van der Waals surface area contributed by atoms with E-state index in [1.54, 1.807) is 0 Å². The van der Waals surface area contributed by atoms with E-state index in [9.17, 15) is 0 Å². The molecule has 0 nitrogen and oxygen atoms in total. The van der Waals surface area contributed by atoms with Crippen molar-refractivity contribution < 1.29 is 63.1 Å². The summed E-state index contributed by atoms with van der Waals surface area (Å²) in [6, 6.07) is 0. The second-order valence-corrected chi connectivity index (χ2v) is 0. The van der Waals surface area contributed by atoms with Crippen molar-refractivity contribution in [3.8, 4) is 0 Å². The van der Waals surface area contributed by atoms with Crippen molar-refractivity contribution in [1.29, 1.82) is 0 Å². The van der Waals surface area contributed by atoms with E-state index in [2.05, 4.69) is 0 Å². The van der Waals surface area contributed by atoms with E-state index >= 15 is 0 Å². The molecule has 0 saturated heterocycles. The van der Waals surface area contributed by atoms with Crippen LogP contribution >= 0.6 is 0 Å². The first-order chi connectivity index (χ1) is 0. The summed E-state index contributed by atoms with van der Waals surface area (Å²) < 4.78 is 0. The Morgan fingerprint density at radius 2 is 0.600 bits per heavy atom. The van der Waals surface area contributed by atoms with Crippen LogP contribution in [0.25, 0.3) is 0 Å². The summed E-state index contributed by atoms with van der Waals surface area (Å²) in [6.45, 7) is 0. The first-order valence-electron chi connectivity index (χ1n) is 0. The molecule has 0 saturated carbocycles. The van der Waals surface area contributed by atoms with Crippen molar-refractivity contribution in [2.24, 2.45) is 0 Å². The minimum atomic E-state index is 0. The molecule has 0 radical (unpaired) electrons. The Morgan fingerprint density at radius 3 is 0.600 bits per heavy atom. The van der Waals surface area contributed by atoms with Crippen LogP contribution in [0, 0.1) is 0 Å². The summed E-state index contributed by atoms with van der Waals surface area (Å²) in [5, 5.41) is 0. The Hall–Kier alpha value is 1.41. The van der Waals surface area contributed by atoms with E-state index in [0.29, 0.717) is 0 Å². The third-order valence-electron chi connectivity index (χ3n) is 0. The number of hydrogen-bond donors (Lipinski definition) is 0. The number of hydrogen-bond acceptors (Lipinski definition) is 0. The van der Waals surface area contributed by atoms with Gasteiger partial charge in [-0.2, -0.15) is 0 Å². The molecular formula is F3NaZn. The summed E-state index contributed by atoms with van der Waals surface area (Å²) in [6.07, 6.45) is 0. The summed E-state index contributed by atoms with van der Waals surface area (Å²) in [5.41, 5.74) is 0. The molecule has 0 unspecified atom stereocenters. The Kier molecular flexibility index (Phi) is 993. The predicted octanol–water partition coefficient (Wildman–Crippen LogP) is -12.0. The van der Waals surface area contributed by atoms with Crippen molar-refractivity contribution in [3.05, 3.63) is 0 Å². The zero-order valence-electron chi connectivity index (χ0n) is 2.84. The molecule has 0 aliphatic rings. The second-order valence-electron chi connectivity index (χ2n) is 0. The van der Waals surface area contributed by atoms with Gasteiger partial charge in [-0.05, 0) is 0 Å². The van der Waals surface area contributed by atoms with E-state index in [1.807, 2.05) is 0 Å². The summed E-state index contributed by atoms with van der Waals surface area (Å²) in [4.78, 5) is 0. The molecule has 0 amide bonds. The maximum absolute atomic E-state index is 0. The summed E-state index contributed by atoms with van der Waals surface area (Å²) in [7, 11) is 0. The van der Waals surface area contributed by atoms with Gasteiger partial charge in [0.05, 0.1) is 0 Å². The van der Waals surface area contributed by atoms with Gasteiger partial charge in [-0.3, -0.25) is 0 Å². The Labute approximate surface area is 62.9 Å². The van der Waals surface area contributed by atoms with Gasteiger partial charge in [-0.25, -0.2) is 0 Å². The Balaban J connectivity index is 0. The van der Waals surface area contributed by atoms with Gasteiger partial charge in [0, 0.05) is 0 Å². The molecule has 0 bridgehead atoms. The summed E-state index contributed by atoms with van der Waals surface area (Å²) in [5.74, 6) is 0. The van der Waals surface area contributed by atoms with Crippen LogP contribution in [0.15, 0.2) is 0 Å². The Morgan fingerprint density at radius 1 is 0.600 bits per heavy atom. The molecule has 0 aromatic heterocycles. The van der Waals surface area contributed by atoms with E-state index in [-0.39, 0.29) is 63.1 Å². The van der Waals surface area contributed by atoms with Crippen LogP contribution in [0.2, 0.25) is 0 Å². The molecule has 0 N–H and O–H groups in total. The molecular weight excluding hydrogens is 145 g/mol. The first-order valence-corrected chi connectivity index (χ1v) is 0. The first kappa shape index (κ1) is 94.1. The van der Waals surface area contributed by atoms with Crippen LogP contribution in [0.3, 0.4) is 0 Å².